The highest BCUT2D eigenvalue weighted by atomic mass is 16.5. The van der Waals surface area contributed by atoms with E-state index in [9.17, 15) is 5.11 Å². The standard InChI is InChI=1S/C17H26N2O3/c20-4-2-1-3-14(21)15-18-16(19-22-15)17-8-11-5-12(9-17)7-13(6-11)10-17/h11-14,20-21H,1-10H2. The van der Waals surface area contributed by atoms with Crippen molar-refractivity contribution >= 4 is 0 Å². The number of hydrogen-bond acceptors (Lipinski definition) is 5. The Kier molecular flexibility index (Phi) is 3.73. The Bertz CT molecular complexity index is 492. The number of aliphatic hydroxyl groups excluding tert-OH is 2. The molecule has 1 unspecified atom stereocenters. The van der Waals surface area contributed by atoms with E-state index in [2.05, 4.69) is 10.1 Å². The second-order valence-electron chi connectivity index (χ2n) is 7.89. The van der Waals surface area contributed by atoms with Crippen LogP contribution in [-0.2, 0) is 5.41 Å². The van der Waals surface area contributed by atoms with Crippen molar-refractivity contribution < 1.29 is 14.7 Å². The SMILES string of the molecule is OCCCCC(O)c1nc(C23CC4CC(CC(C4)C2)C3)no1. The van der Waals surface area contributed by atoms with Crippen LogP contribution in [0.1, 0.15) is 75.6 Å². The van der Waals surface area contributed by atoms with E-state index in [0.717, 1.165) is 30.0 Å². The average molecular weight is 306 g/mol. The Morgan fingerprint density at radius 1 is 1.09 bits per heavy atom. The first-order chi connectivity index (χ1) is 10.7. The third-order valence-electron chi connectivity index (χ3n) is 6.13. The largest absolute Gasteiger partial charge is 0.396 e. The maximum Gasteiger partial charge on any atom is 0.255 e. The number of aliphatic hydroxyl groups is 2. The molecule has 5 nitrogen and oxygen atoms in total. The first-order valence-electron chi connectivity index (χ1n) is 8.81. The molecule has 1 aromatic heterocycles. The van der Waals surface area contributed by atoms with Gasteiger partial charge in [0.05, 0.1) is 0 Å². The molecule has 4 fully saturated rings. The highest BCUT2D eigenvalue weighted by Gasteiger charge is 2.53. The van der Waals surface area contributed by atoms with Gasteiger partial charge < -0.3 is 14.7 Å². The molecule has 2 N–H and O–H groups in total. The molecule has 4 bridgehead atoms. The Morgan fingerprint density at radius 3 is 2.32 bits per heavy atom. The molecule has 0 saturated heterocycles. The van der Waals surface area contributed by atoms with Crippen molar-refractivity contribution in [1.82, 2.24) is 10.1 Å². The van der Waals surface area contributed by atoms with Crippen molar-refractivity contribution in [2.75, 3.05) is 6.61 Å². The zero-order chi connectivity index (χ0) is 15.2. The van der Waals surface area contributed by atoms with Crippen molar-refractivity contribution in [2.24, 2.45) is 17.8 Å². The second kappa shape index (κ2) is 5.60. The highest BCUT2D eigenvalue weighted by Crippen LogP contribution is 2.60. The van der Waals surface area contributed by atoms with Gasteiger partial charge in [-0.3, -0.25) is 0 Å². The molecule has 1 heterocycles. The van der Waals surface area contributed by atoms with E-state index in [1.807, 2.05) is 0 Å². The number of nitrogens with zero attached hydrogens (tertiary/aromatic N) is 2. The summed E-state index contributed by atoms with van der Waals surface area (Å²) in [5.74, 6) is 3.76. The summed E-state index contributed by atoms with van der Waals surface area (Å²) in [5, 5.41) is 23.2. The average Bonchev–Trinajstić information content (AvgIpc) is 2.96. The summed E-state index contributed by atoms with van der Waals surface area (Å²) in [6, 6.07) is 0. The molecule has 5 heteroatoms. The lowest BCUT2D eigenvalue weighted by Crippen LogP contribution is -2.49. The lowest BCUT2D eigenvalue weighted by atomic mass is 9.49. The van der Waals surface area contributed by atoms with Crippen molar-refractivity contribution in [3.63, 3.8) is 0 Å². The molecule has 22 heavy (non-hydrogen) atoms. The zero-order valence-corrected chi connectivity index (χ0v) is 13.1. The van der Waals surface area contributed by atoms with Gasteiger partial charge in [-0.1, -0.05) is 5.16 Å². The van der Waals surface area contributed by atoms with Crippen LogP contribution in [0.3, 0.4) is 0 Å². The third-order valence-corrected chi connectivity index (χ3v) is 6.13. The lowest BCUT2D eigenvalue weighted by molar-refractivity contribution is -0.0103. The molecule has 1 atom stereocenters. The minimum absolute atomic E-state index is 0.126. The van der Waals surface area contributed by atoms with Crippen LogP contribution in [0.5, 0.6) is 0 Å². The van der Waals surface area contributed by atoms with Gasteiger partial charge in [0.2, 0.25) is 0 Å². The molecule has 4 aliphatic carbocycles. The quantitative estimate of drug-likeness (QED) is 0.790. The molecule has 122 valence electrons. The summed E-state index contributed by atoms with van der Waals surface area (Å²) in [4.78, 5) is 4.59. The number of aromatic nitrogens is 2. The van der Waals surface area contributed by atoms with Crippen molar-refractivity contribution in [2.45, 2.75) is 69.3 Å². The fraction of sp³-hybridized carbons (Fsp3) is 0.882. The molecule has 4 saturated carbocycles. The molecule has 0 radical (unpaired) electrons. The Hall–Kier alpha value is -0.940. The smallest absolute Gasteiger partial charge is 0.255 e. The Morgan fingerprint density at radius 2 is 1.73 bits per heavy atom. The van der Waals surface area contributed by atoms with E-state index in [4.69, 9.17) is 9.63 Å². The number of unbranched alkanes of at least 4 members (excludes halogenated alkanes) is 1. The minimum Gasteiger partial charge on any atom is -0.396 e. The molecule has 0 amide bonds. The van der Waals surface area contributed by atoms with Gasteiger partial charge in [-0.15, -0.1) is 0 Å². The number of hydrogen-bond donors (Lipinski definition) is 2. The van der Waals surface area contributed by atoms with Crippen LogP contribution in [0.15, 0.2) is 4.52 Å². The zero-order valence-electron chi connectivity index (χ0n) is 13.1. The molecular formula is C17H26N2O3. The van der Waals surface area contributed by atoms with E-state index in [1.165, 1.54) is 38.5 Å². The summed E-state index contributed by atoms with van der Waals surface area (Å²) in [6.45, 7) is 0.162. The monoisotopic (exact) mass is 306 g/mol. The second-order valence-corrected chi connectivity index (χ2v) is 7.89. The van der Waals surface area contributed by atoms with E-state index < -0.39 is 6.10 Å². The first-order valence-corrected chi connectivity index (χ1v) is 8.81. The van der Waals surface area contributed by atoms with Crippen LogP contribution in [-0.4, -0.2) is 27.0 Å². The van der Waals surface area contributed by atoms with E-state index in [1.54, 1.807) is 0 Å². The fourth-order valence-electron chi connectivity index (χ4n) is 5.54. The van der Waals surface area contributed by atoms with E-state index >= 15 is 0 Å². The predicted octanol–water partition coefficient (Wildman–Crippen LogP) is 2.73. The van der Waals surface area contributed by atoms with E-state index in [0.29, 0.717) is 18.7 Å². The van der Waals surface area contributed by atoms with Crippen molar-refractivity contribution in [3.05, 3.63) is 11.7 Å². The van der Waals surface area contributed by atoms with Crippen LogP contribution in [0, 0.1) is 17.8 Å². The van der Waals surface area contributed by atoms with Gasteiger partial charge in [-0.25, -0.2) is 0 Å². The van der Waals surface area contributed by atoms with Gasteiger partial charge in [-0.2, -0.15) is 4.98 Å². The van der Waals surface area contributed by atoms with Crippen molar-refractivity contribution in [1.29, 1.82) is 0 Å². The summed E-state index contributed by atoms with van der Waals surface area (Å²) in [7, 11) is 0. The first kappa shape index (κ1) is 14.6. The predicted molar refractivity (Wildman–Crippen MR) is 80.0 cm³/mol. The summed E-state index contributed by atoms with van der Waals surface area (Å²) >= 11 is 0. The Labute approximate surface area is 131 Å². The maximum atomic E-state index is 10.2. The highest BCUT2D eigenvalue weighted by molar-refractivity contribution is 5.16. The van der Waals surface area contributed by atoms with Gasteiger partial charge in [0.25, 0.3) is 5.89 Å². The van der Waals surface area contributed by atoms with Gasteiger partial charge >= 0.3 is 0 Å². The number of rotatable bonds is 6. The Balaban J connectivity index is 1.49. The van der Waals surface area contributed by atoms with Crippen LogP contribution in [0.25, 0.3) is 0 Å². The third kappa shape index (κ3) is 2.48. The van der Waals surface area contributed by atoms with Gasteiger partial charge in [0.15, 0.2) is 5.82 Å². The summed E-state index contributed by atoms with van der Waals surface area (Å²) in [5.41, 5.74) is 0.126. The molecule has 0 aliphatic heterocycles. The summed E-state index contributed by atoms with van der Waals surface area (Å²) < 4.78 is 5.37. The van der Waals surface area contributed by atoms with Crippen LogP contribution >= 0.6 is 0 Å². The molecule has 4 aliphatic rings. The molecule has 0 spiro atoms. The van der Waals surface area contributed by atoms with Gasteiger partial charge in [0, 0.05) is 12.0 Å². The molecule has 1 aromatic rings. The summed E-state index contributed by atoms with van der Waals surface area (Å²) in [6.07, 6.45) is 9.16. The van der Waals surface area contributed by atoms with Crippen molar-refractivity contribution in [3.8, 4) is 0 Å². The van der Waals surface area contributed by atoms with Gasteiger partial charge in [-0.05, 0) is 75.5 Å². The normalized spacial score (nSPS) is 37.6. The van der Waals surface area contributed by atoms with Crippen LogP contribution in [0.4, 0.5) is 0 Å². The van der Waals surface area contributed by atoms with E-state index in [-0.39, 0.29) is 12.0 Å². The lowest BCUT2D eigenvalue weighted by Gasteiger charge is -2.55. The van der Waals surface area contributed by atoms with Gasteiger partial charge in [0.1, 0.15) is 6.10 Å². The minimum atomic E-state index is -0.693. The fourth-order valence-corrected chi connectivity index (χ4v) is 5.54. The molecular weight excluding hydrogens is 280 g/mol. The molecule has 5 rings (SSSR count). The molecule has 0 aromatic carbocycles. The topological polar surface area (TPSA) is 79.4 Å². The van der Waals surface area contributed by atoms with Crippen LogP contribution in [0.2, 0.25) is 0 Å². The maximum absolute atomic E-state index is 10.2. The van der Waals surface area contributed by atoms with Crippen LogP contribution < -0.4 is 0 Å².